The van der Waals surface area contributed by atoms with Crippen LogP contribution in [-0.2, 0) is 5.88 Å². The van der Waals surface area contributed by atoms with Crippen molar-refractivity contribution < 1.29 is 13.9 Å². The Balaban J connectivity index is 2.16. The zero-order chi connectivity index (χ0) is 17.1. The van der Waals surface area contributed by atoms with Gasteiger partial charge >= 0.3 is 0 Å². The lowest BCUT2D eigenvalue weighted by molar-refractivity contribution is 0.386. The largest absolute Gasteiger partial charge is 0.497 e. The molecule has 0 saturated carbocycles. The SMILES string of the molecule is COc1cccc(-c2c(CCl)nnn2-c2ccc(OC)c(F)c2)c1. The Morgan fingerprint density at radius 3 is 2.62 bits per heavy atom. The van der Waals surface area contributed by atoms with Gasteiger partial charge < -0.3 is 9.47 Å². The molecule has 0 saturated heterocycles. The van der Waals surface area contributed by atoms with Gasteiger partial charge in [-0.2, -0.15) is 0 Å². The van der Waals surface area contributed by atoms with E-state index in [2.05, 4.69) is 10.3 Å². The lowest BCUT2D eigenvalue weighted by Crippen LogP contribution is -2.01. The first kappa shape index (κ1) is 16.3. The second kappa shape index (κ2) is 6.88. The van der Waals surface area contributed by atoms with Crippen LogP contribution in [0, 0.1) is 5.82 Å². The Hall–Kier alpha value is -2.60. The third kappa shape index (κ3) is 2.92. The van der Waals surface area contributed by atoms with Crippen LogP contribution in [0.25, 0.3) is 16.9 Å². The monoisotopic (exact) mass is 347 g/mol. The van der Waals surface area contributed by atoms with Gasteiger partial charge in [-0.15, -0.1) is 16.7 Å². The zero-order valence-electron chi connectivity index (χ0n) is 13.2. The van der Waals surface area contributed by atoms with Crippen LogP contribution in [0.2, 0.25) is 0 Å². The number of ether oxygens (including phenoxy) is 2. The third-order valence-electron chi connectivity index (χ3n) is 3.59. The number of halogens is 2. The van der Waals surface area contributed by atoms with Crippen molar-refractivity contribution in [2.24, 2.45) is 0 Å². The molecule has 0 N–H and O–H groups in total. The minimum atomic E-state index is -0.477. The highest BCUT2D eigenvalue weighted by Crippen LogP contribution is 2.30. The van der Waals surface area contributed by atoms with Crippen LogP contribution in [0.3, 0.4) is 0 Å². The highest BCUT2D eigenvalue weighted by molar-refractivity contribution is 6.17. The molecule has 0 radical (unpaired) electrons. The predicted molar refractivity (Wildman–Crippen MR) is 89.4 cm³/mol. The van der Waals surface area contributed by atoms with Gasteiger partial charge in [0, 0.05) is 11.6 Å². The Bertz CT molecular complexity index is 867. The number of methoxy groups -OCH3 is 2. The van der Waals surface area contributed by atoms with Crippen molar-refractivity contribution in [2.45, 2.75) is 5.88 Å². The molecule has 0 amide bonds. The van der Waals surface area contributed by atoms with Gasteiger partial charge in [-0.3, -0.25) is 0 Å². The zero-order valence-corrected chi connectivity index (χ0v) is 13.9. The second-order valence-corrected chi connectivity index (χ2v) is 5.25. The van der Waals surface area contributed by atoms with Crippen LogP contribution in [0.1, 0.15) is 5.69 Å². The number of nitrogens with zero attached hydrogens (tertiary/aromatic N) is 3. The third-order valence-corrected chi connectivity index (χ3v) is 3.84. The lowest BCUT2D eigenvalue weighted by Gasteiger charge is -2.10. The van der Waals surface area contributed by atoms with Crippen LogP contribution in [0.5, 0.6) is 11.5 Å². The quantitative estimate of drug-likeness (QED) is 0.658. The molecule has 24 heavy (non-hydrogen) atoms. The minimum absolute atomic E-state index is 0.166. The standard InChI is InChI=1S/C17H15ClFN3O2/c1-23-13-5-3-4-11(8-13)17-15(10-18)20-21-22(17)12-6-7-16(24-2)14(19)9-12/h3-9H,10H2,1-2H3. The lowest BCUT2D eigenvalue weighted by atomic mass is 10.1. The van der Waals surface area contributed by atoms with E-state index in [0.29, 0.717) is 22.8 Å². The van der Waals surface area contributed by atoms with E-state index in [9.17, 15) is 4.39 Å². The molecule has 3 rings (SSSR count). The fourth-order valence-electron chi connectivity index (χ4n) is 2.43. The topological polar surface area (TPSA) is 49.2 Å². The molecule has 0 aliphatic rings. The molecule has 0 spiro atoms. The van der Waals surface area contributed by atoms with E-state index >= 15 is 0 Å². The van der Waals surface area contributed by atoms with Crippen LogP contribution >= 0.6 is 11.6 Å². The summed E-state index contributed by atoms with van der Waals surface area (Å²) in [4.78, 5) is 0. The first-order chi connectivity index (χ1) is 11.7. The molecule has 0 fully saturated rings. The molecule has 1 heterocycles. The van der Waals surface area contributed by atoms with E-state index < -0.39 is 5.82 Å². The summed E-state index contributed by atoms with van der Waals surface area (Å²) in [6.07, 6.45) is 0. The van der Waals surface area contributed by atoms with Gasteiger partial charge in [0.1, 0.15) is 11.4 Å². The number of rotatable bonds is 5. The molecule has 0 atom stereocenters. The molecule has 1 aromatic heterocycles. The van der Waals surface area contributed by atoms with E-state index in [1.807, 2.05) is 24.3 Å². The number of aromatic nitrogens is 3. The Morgan fingerprint density at radius 1 is 1.12 bits per heavy atom. The number of benzene rings is 2. The van der Waals surface area contributed by atoms with Crippen molar-refractivity contribution in [1.29, 1.82) is 0 Å². The van der Waals surface area contributed by atoms with E-state index in [0.717, 1.165) is 5.56 Å². The maximum Gasteiger partial charge on any atom is 0.167 e. The first-order valence-corrected chi connectivity index (χ1v) is 7.70. The molecule has 0 aliphatic carbocycles. The molecule has 0 bridgehead atoms. The molecule has 2 aromatic carbocycles. The minimum Gasteiger partial charge on any atom is -0.497 e. The highest BCUT2D eigenvalue weighted by Gasteiger charge is 2.17. The van der Waals surface area contributed by atoms with Crippen molar-refractivity contribution in [3.63, 3.8) is 0 Å². The van der Waals surface area contributed by atoms with Crippen LogP contribution in [-0.4, -0.2) is 29.2 Å². The normalized spacial score (nSPS) is 10.7. The Morgan fingerprint density at radius 2 is 1.96 bits per heavy atom. The van der Waals surface area contributed by atoms with Crippen molar-refractivity contribution in [3.05, 3.63) is 54.0 Å². The molecule has 3 aromatic rings. The van der Waals surface area contributed by atoms with Gasteiger partial charge in [-0.1, -0.05) is 17.3 Å². The van der Waals surface area contributed by atoms with Crippen molar-refractivity contribution in [3.8, 4) is 28.4 Å². The summed E-state index contributed by atoms with van der Waals surface area (Å²) in [5, 5.41) is 8.22. The van der Waals surface area contributed by atoms with Crippen molar-refractivity contribution in [2.75, 3.05) is 14.2 Å². The molecular weight excluding hydrogens is 333 g/mol. The number of alkyl halides is 1. The molecule has 5 nitrogen and oxygen atoms in total. The maximum atomic E-state index is 14.0. The van der Waals surface area contributed by atoms with Gasteiger partial charge in [0.25, 0.3) is 0 Å². The maximum absolute atomic E-state index is 14.0. The van der Waals surface area contributed by atoms with E-state index in [4.69, 9.17) is 21.1 Å². The molecular formula is C17H15ClFN3O2. The summed E-state index contributed by atoms with van der Waals surface area (Å²) in [5.41, 5.74) is 2.64. The summed E-state index contributed by atoms with van der Waals surface area (Å²) in [5.74, 6) is 0.570. The smallest absolute Gasteiger partial charge is 0.167 e. The van der Waals surface area contributed by atoms with Gasteiger partial charge in [0.05, 0.1) is 31.5 Å². The molecule has 0 unspecified atom stereocenters. The van der Waals surface area contributed by atoms with E-state index in [1.54, 1.807) is 23.9 Å². The average molecular weight is 348 g/mol. The van der Waals surface area contributed by atoms with Gasteiger partial charge in [-0.05, 0) is 24.3 Å². The number of hydrogen-bond acceptors (Lipinski definition) is 4. The van der Waals surface area contributed by atoms with E-state index in [-0.39, 0.29) is 11.6 Å². The summed E-state index contributed by atoms with van der Waals surface area (Å²) in [6.45, 7) is 0. The fourth-order valence-corrected chi connectivity index (χ4v) is 2.61. The second-order valence-electron chi connectivity index (χ2n) is 4.98. The van der Waals surface area contributed by atoms with E-state index in [1.165, 1.54) is 13.2 Å². The van der Waals surface area contributed by atoms with Gasteiger partial charge in [-0.25, -0.2) is 9.07 Å². The summed E-state index contributed by atoms with van der Waals surface area (Å²) >= 11 is 5.99. The molecule has 0 aliphatic heterocycles. The highest BCUT2D eigenvalue weighted by atomic mass is 35.5. The van der Waals surface area contributed by atoms with Gasteiger partial charge in [0.15, 0.2) is 11.6 Å². The first-order valence-electron chi connectivity index (χ1n) is 7.16. The summed E-state index contributed by atoms with van der Waals surface area (Å²) < 4.78 is 25.8. The van der Waals surface area contributed by atoms with Crippen LogP contribution in [0.4, 0.5) is 4.39 Å². The van der Waals surface area contributed by atoms with Crippen LogP contribution in [0.15, 0.2) is 42.5 Å². The van der Waals surface area contributed by atoms with Crippen molar-refractivity contribution in [1.82, 2.24) is 15.0 Å². The van der Waals surface area contributed by atoms with Gasteiger partial charge in [0.2, 0.25) is 0 Å². The van der Waals surface area contributed by atoms with Crippen LogP contribution < -0.4 is 9.47 Å². The fraction of sp³-hybridized carbons (Fsp3) is 0.176. The Kier molecular flexibility index (Phi) is 4.66. The molecule has 7 heteroatoms. The average Bonchev–Trinajstić information content (AvgIpc) is 3.05. The Labute approximate surface area is 143 Å². The number of hydrogen-bond donors (Lipinski definition) is 0. The predicted octanol–water partition coefficient (Wildman–Crippen LogP) is 3.83. The molecule has 124 valence electrons. The summed E-state index contributed by atoms with van der Waals surface area (Å²) in [6, 6.07) is 12.0. The summed E-state index contributed by atoms with van der Waals surface area (Å²) in [7, 11) is 3.01. The van der Waals surface area contributed by atoms with Crippen molar-refractivity contribution >= 4 is 11.6 Å².